The minimum atomic E-state index is -3.67. The molecule has 12 nitrogen and oxygen atoms in total. The molecular weight excluding hydrogens is 612 g/mol. The summed E-state index contributed by atoms with van der Waals surface area (Å²) in [6.07, 6.45) is 0.419. The molecule has 3 N–H and O–H groups in total. The van der Waals surface area contributed by atoms with Gasteiger partial charge in [0.05, 0.1) is 16.7 Å². The van der Waals surface area contributed by atoms with Crippen LogP contribution in [-0.2, 0) is 33.8 Å². The third-order valence-corrected chi connectivity index (χ3v) is 9.55. The zero-order valence-electron chi connectivity index (χ0n) is 28.6. The number of carbonyl (C=O) groups is 5. The third kappa shape index (κ3) is 10.8. The molecule has 1 aromatic rings. The molecule has 0 saturated carbocycles. The van der Waals surface area contributed by atoms with Gasteiger partial charge in [-0.25, -0.2) is 13.2 Å². The van der Waals surface area contributed by atoms with E-state index in [0.717, 1.165) is 0 Å². The van der Waals surface area contributed by atoms with E-state index in [1.54, 1.807) is 66.7 Å². The van der Waals surface area contributed by atoms with Gasteiger partial charge in [-0.3, -0.25) is 19.2 Å². The number of amides is 4. The van der Waals surface area contributed by atoms with Crippen molar-refractivity contribution in [2.45, 2.75) is 110 Å². The SMILES string of the molecule is CCCC(NC(=O)[C@@H]1C(C(C)C)CCN1C(=O)[C@@H](NC(=O)OC(C)(C)C)C(C)(C)C)C(=O)C(=O)NCCS(=O)(=O)c1ccccc1. The highest BCUT2D eigenvalue weighted by Crippen LogP contribution is 2.33. The van der Waals surface area contributed by atoms with Crippen LogP contribution in [0.5, 0.6) is 0 Å². The predicted molar refractivity (Wildman–Crippen MR) is 174 cm³/mol. The number of rotatable bonds is 13. The van der Waals surface area contributed by atoms with Crippen molar-refractivity contribution in [2.24, 2.45) is 17.3 Å². The first kappa shape index (κ1) is 38.7. The first-order valence-electron chi connectivity index (χ1n) is 15.9. The van der Waals surface area contributed by atoms with Crippen LogP contribution in [-0.4, -0.2) is 85.5 Å². The Morgan fingerprint density at radius 3 is 2.11 bits per heavy atom. The fraction of sp³-hybridized carbons (Fsp3) is 0.667. The molecule has 1 aromatic carbocycles. The molecule has 0 spiro atoms. The number of hydrogen-bond acceptors (Lipinski definition) is 8. The number of nitrogens with zero attached hydrogens (tertiary/aromatic N) is 1. The number of sulfone groups is 1. The topological polar surface area (TPSA) is 168 Å². The van der Waals surface area contributed by atoms with Crippen LogP contribution in [0, 0.1) is 17.3 Å². The van der Waals surface area contributed by atoms with Crippen molar-refractivity contribution in [1.82, 2.24) is 20.9 Å². The summed E-state index contributed by atoms with van der Waals surface area (Å²) in [4.78, 5) is 68.2. The van der Waals surface area contributed by atoms with E-state index < -0.39 is 74.3 Å². The highest BCUT2D eigenvalue weighted by molar-refractivity contribution is 7.91. The van der Waals surface area contributed by atoms with Crippen LogP contribution in [0.1, 0.15) is 81.6 Å². The van der Waals surface area contributed by atoms with Crippen LogP contribution < -0.4 is 16.0 Å². The molecule has 2 unspecified atom stereocenters. The van der Waals surface area contributed by atoms with E-state index in [0.29, 0.717) is 12.8 Å². The molecule has 1 aliphatic heterocycles. The zero-order valence-corrected chi connectivity index (χ0v) is 29.5. The smallest absolute Gasteiger partial charge is 0.408 e. The number of hydrogen-bond donors (Lipinski definition) is 3. The number of nitrogens with one attached hydrogen (secondary N) is 3. The summed E-state index contributed by atoms with van der Waals surface area (Å²) in [7, 11) is -3.67. The molecule has 1 saturated heterocycles. The van der Waals surface area contributed by atoms with E-state index in [1.165, 1.54) is 17.0 Å². The summed E-state index contributed by atoms with van der Waals surface area (Å²) in [5, 5.41) is 7.79. The molecule has 0 aliphatic carbocycles. The van der Waals surface area contributed by atoms with Gasteiger partial charge in [-0.2, -0.15) is 0 Å². The second-order valence-corrected chi connectivity index (χ2v) is 16.3. The van der Waals surface area contributed by atoms with Gasteiger partial charge in [-0.1, -0.05) is 66.2 Å². The molecule has 1 aliphatic rings. The van der Waals surface area contributed by atoms with E-state index >= 15 is 0 Å². The maximum absolute atomic E-state index is 14.0. The first-order valence-corrected chi connectivity index (χ1v) is 17.5. The van der Waals surface area contributed by atoms with Crippen molar-refractivity contribution in [3.05, 3.63) is 30.3 Å². The Hall–Kier alpha value is -3.48. The average molecular weight is 665 g/mol. The molecule has 1 fully saturated rings. The molecule has 1 heterocycles. The molecule has 13 heteroatoms. The Balaban J connectivity index is 2.22. The van der Waals surface area contributed by atoms with E-state index in [9.17, 15) is 32.4 Å². The maximum atomic E-state index is 14.0. The summed E-state index contributed by atoms with van der Waals surface area (Å²) < 4.78 is 30.5. The van der Waals surface area contributed by atoms with E-state index in [1.807, 2.05) is 13.8 Å². The number of Topliss-reactive ketones (excluding diaryl/α,β-unsaturated/α-hetero) is 1. The minimum Gasteiger partial charge on any atom is -0.444 e. The quantitative estimate of drug-likeness (QED) is 0.270. The van der Waals surface area contributed by atoms with E-state index in [2.05, 4.69) is 16.0 Å². The Morgan fingerprint density at radius 2 is 1.59 bits per heavy atom. The number of benzene rings is 1. The third-order valence-electron chi connectivity index (χ3n) is 7.82. The van der Waals surface area contributed by atoms with Gasteiger partial charge in [-0.15, -0.1) is 0 Å². The molecule has 0 aromatic heterocycles. The zero-order chi connectivity index (χ0) is 35.0. The monoisotopic (exact) mass is 664 g/mol. The number of alkyl carbamates (subject to hydrolysis) is 1. The van der Waals surface area contributed by atoms with Crippen LogP contribution in [0.15, 0.2) is 35.2 Å². The molecule has 258 valence electrons. The fourth-order valence-electron chi connectivity index (χ4n) is 5.44. The lowest BCUT2D eigenvalue weighted by atomic mass is 9.84. The molecule has 46 heavy (non-hydrogen) atoms. The molecule has 4 atom stereocenters. The van der Waals surface area contributed by atoms with Crippen molar-refractivity contribution in [2.75, 3.05) is 18.8 Å². The van der Waals surface area contributed by atoms with Gasteiger partial charge in [0.25, 0.3) is 5.91 Å². The second-order valence-electron chi connectivity index (χ2n) is 14.2. The Kier molecular flexibility index (Phi) is 13.4. The van der Waals surface area contributed by atoms with Crippen LogP contribution in [0.4, 0.5) is 4.79 Å². The average Bonchev–Trinajstić information content (AvgIpc) is 3.40. The van der Waals surface area contributed by atoms with E-state index in [4.69, 9.17) is 4.74 Å². The highest BCUT2D eigenvalue weighted by Gasteiger charge is 2.48. The minimum absolute atomic E-state index is 0.00985. The standard InChI is InChI=1S/C33H52N4O8S/c1-10-14-24(26(38)29(40)34-18-20-46(43,44)22-15-12-11-13-16-22)35-28(39)25-23(21(2)3)17-19-37(25)30(41)27(32(4,5)6)36-31(42)45-33(7,8)9/h11-13,15-16,21,23-25,27H,10,14,17-20H2,1-9H3,(H,34,40)(H,35,39)(H,36,42)/t23?,24?,25-,27+/m0/s1. The second kappa shape index (κ2) is 15.9. The van der Waals surface area contributed by atoms with Crippen LogP contribution in [0.25, 0.3) is 0 Å². The fourth-order valence-corrected chi connectivity index (χ4v) is 6.62. The lowest BCUT2D eigenvalue weighted by molar-refractivity contribution is -0.145. The van der Waals surface area contributed by atoms with Crippen molar-refractivity contribution >= 4 is 39.4 Å². The summed E-state index contributed by atoms with van der Waals surface area (Å²) in [5.41, 5.74) is -1.50. The number of likely N-dealkylation sites (tertiary alicyclic amines) is 1. The van der Waals surface area contributed by atoms with E-state index in [-0.39, 0.29) is 36.2 Å². The maximum Gasteiger partial charge on any atom is 0.408 e. The van der Waals surface area contributed by atoms with Gasteiger partial charge in [0.15, 0.2) is 9.84 Å². The van der Waals surface area contributed by atoms with Crippen LogP contribution in [0.2, 0.25) is 0 Å². The summed E-state index contributed by atoms with van der Waals surface area (Å²) in [6, 6.07) is 4.66. The largest absolute Gasteiger partial charge is 0.444 e. The Morgan fingerprint density at radius 1 is 0.978 bits per heavy atom. The van der Waals surface area contributed by atoms with Gasteiger partial charge in [0.2, 0.25) is 17.6 Å². The van der Waals surface area contributed by atoms with Gasteiger partial charge in [-0.05, 0) is 63.0 Å². The number of ether oxygens (including phenoxy) is 1. The molecular formula is C33H52N4O8S. The van der Waals surface area contributed by atoms with Crippen molar-refractivity contribution in [3.8, 4) is 0 Å². The summed E-state index contributed by atoms with van der Waals surface area (Å²) in [6.45, 7) is 16.2. The Bertz CT molecular complexity index is 1350. The van der Waals surface area contributed by atoms with Crippen molar-refractivity contribution in [3.63, 3.8) is 0 Å². The van der Waals surface area contributed by atoms with Gasteiger partial charge < -0.3 is 25.6 Å². The Labute approximate surface area is 273 Å². The lowest BCUT2D eigenvalue weighted by Crippen LogP contribution is -2.60. The summed E-state index contributed by atoms with van der Waals surface area (Å²) in [5.74, 6) is -3.55. The normalized spacial score (nSPS) is 18.4. The highest BCUT2D eigenvalue weighted by atomic mass is 32.2. The van der Waals surface area contributed by atoms with Crippen LogP contribution >= 0.6 is 0 Å². The molecule has 0 radical (unpaired) electrons. The molecule has 2 rings (SSSR count). The lowest BCUT2D eigenvalue weighted by Gasteiger charge is -2.37. The molecule has 4 amide bonds. The number of ketones is 1. The van der Waals surface area contributed by atoms with Gasteiger partial charge in [0.1, 0.15) is 17.7 Å². The summed E-state index contributed by atoms with van der Waals surface area (Å²) >= 11 is 0. The predicted octanol–water partition coefficient (Wildman–Crippen LogP) is 3.24. The van der Waals surface area contributed by atoms with Crippen molar-refractivity contribution < 1.29 is 37.1 Å². The van der Waals surface area contributed by atoms with Gasteiger partial charge >= 0.3 is 6.09 Å². The first-order chi connectivity index (χ1) is 21.2. The van der Waals surface area contributed by atoms with Crippen molar-refractivity contribution in [1.29, 1.82) is 0 Å². The van der Waals surface area contributed by atoms with Crippen LogP contribution in [0.3, 0.4) is 0 Å². The molecule has 0 bridgehead atoms. The van der Waals surface area contributed by atoms with Gasteiger partial charge in [0, 0.05) is 13.1 Å². The number of carbonyl (C=O) groups excluding carboxylic acids is 5.